The van der Waals surface area contributed by atoms with E-state index in [0.717, 1.165) is 43.9 Å². The average molecular weight is 391 g/mol. The number of carbonyl (C=O) groups is 1. The van der Waals surface area contributed by atoms with Gasteiger partial charge in [-0.15, -0.1) is 0 Å². The Balaban J connectivity index is 1.80. The van der Waals surface area contributed by atoms with Crippen LogP contribution in [0.1, 0.15) is 63.5 Å². The molecule has 1 aliphatic heterocycles. The zero-order valence-electron chi connectivity index (χ0n) is 17.9. The molecule has 2 aliphatic rings. The predicted molar refractivity (Wildman–Crippen MR) is 109 cm³/mol. The molecule has 0 bridgehead atoms. The van der Waals surface area contributed by atoms with Gasteiger partial charge in [0.2, 0.25) is 0 Å². The maximum absolute atomic E-state index is 12.2. The number of ether oxygens (including phenoxy) is 2. The van der Waals surface area contributed by atoms with E-state index in [1.165, 1.54) is 24.1 Å². The second-order valence-electron chi connectivity index (χ2n) is 8.84. The summed E-state index contributed by atoms with van der Waals surface area (Å²) in [7, 11) is 1.76. The van der Waals surface area contributed by atoms with Crippen molar-refractivity contribution in [2.75, 3.05) is 25.1 Å². The van der Waals surface area contributed by atoms with Gasteiger partial charge in [0, 0.05) is 31.5 Å². The Morgan fingerprint density at radius 1 is 1.25 bits per heavy atom. The second-order valence-corrected chi connectivity index (χ2v) is 8.84. The van der Waals surface area contributed by atoms with E-state index in [1.54, 1.807) is 7.11 Å². The molecule has 28 heavy (non-hydrogen) atoms. The highest BCUT2D eigenvalue weighted by molar-refractivity contribution is 5.67. The van der Waals surface area contributed by atoms with Gasteiger partial charge in [-0.1, -0.05) is 0 Å². The van der Waals surface area contributed by atoms with Crippen LogP contribution in [0.3, 0.4) is 0 Å². The van der Waals surface area contributed by atoms with Gasteiger partial charge in [0.25, 0.3) is 0 Å². The molecule has 1 N–H and O–H groups in total. The van der Waals surface area contributed by atoms with Crippen LogP contribution in [0.15, 0.2) is 0 Å². The summed E-state index contributed by atoms with van der Waals surface area (Å²) in [6.45, 7) is 8.95. The number of carbonyl (C=O) groups excluding carboxylic acids is 1. The number of aromatic nitrogens is 2. The molecule has 0 aromatic carbocycles. The molecule has 1 fully saturated rings. The van der Waals surface area contributed by atoms with Crippen molar-refractivity contribution in [3.63, 3.8) is 0 Å². The Labute approximate surface area is 168 Å². The molecule has 1 aromatic rings. The van der Waals surface area contributed by atoms with Crippen molar-refractivity contribution < 1.29 is 14.3 Å². The van der Waals surface area contributed by atoms with Gasteiger partial charge >= 0.3 is 6.09 Å². The Bertz CT molecular complexity index is 702. The summed E-state index contributed by atoms with van der Waals surface area (Å²) in [5, 5.41) is 2.95. The number of rotatable bonds is 4. The fraction of sp³-hybridized carbons (Fsp3) is 0.762. The molecular formula is C21H34N4O3. The smallest absolute Gasteiger partial charge is 0.407 e. The lowest BCUT2D eigenvalue weighted by Crippen LogP contribution is -2.51. The molecule has 7 heteroatoms. The summed E-state index contributed by atoms with van der Waals surface area (Å²) in [6.07, 6.45) is 6.05. The second kappa shape index (κ2) is 8.64. The number of alkyl carbamates (subject to hydrolysis) is 1. The van der Waals surface area contributed by atoms with E-state index in [1.807, 2.05) is 27.7 Å². The normalized spacial score (nSPS) is 22.5. The third-order valence-electron chi connectivity index (χ3n) is 5.43. The van der Waals surface area contributed by atoms with E-state index in [0.29, 0.717) is 6.54 Å². The van der Waals surface area contributed by atoms with E-state index in [2.05, 4.69) is 15.2 Å². The van der Waals surface area contributed by atoms with Gasteiger partial charge in [0.05, 0.1) is 12.1 Å². The van der Waals surface area contributed by atoms with E-state index < -0.39 is 5.60 Å². The SMILES string of the molecule is COC1CCN(c2nc(C)nc3c2CCCC3)C(CNC(=O)OC(C)(C)C)C1. The van der Waals surface area contributed by atoms with Crippen molar-refractivity contribution in [3.05, 3.63) is 17.1 Å². The van der Waals surface area contributed by atoms with E-state index in [-0.39, 0.29) is 18.2 Å². The molecule has 2 unspecified atom stereocenters. The summed E-state index contributed by atoms with van der Waals surface area (Å²) in [5.41, 5.74) is 1.98. The van der Waals surface area contributed by atoms with E-state index in [4.69, 9.17) is 14.5 Å². The molecule has 1 aliphatic carbocycles. The van der Waals surface area contributed by atoms with Crippen LogP contribution in [0.5, 0.6) is 0 Å². The van der Waals surface area contributed by atoms with Gasteiger partial charge in [0.15, 0.2) is 0 Å². The molecule has 2 atom stereocenters. The number of hydrogen-bond donors (Lipinski definition) is 1. The summed E-state index contributed by atoms with van der Waals surface area (Å²) >= 11 is 0. The van der Waals surface area contributed by atoms with Crippen LogP contribution in [0.4, 0.5) is 10.6 Å². The molecule has 0 radical (unpaired) electrons. The quantitative estimate of drug-likeness (QED) is 0.851. The van der Waals surface area contributed by atoms with Gasteiger partial charge in [-0.3, -0.25) is 0 Å². The average Bonchev–Trinajstić information content (AvgIpc) is 2.64. The summed E-state index contributed by atoms with van der Waals surface area (Å²) in [4.78, 5) is 24.0. The highest BCUT2D eigenvalue weighted by atomic mass is 16.6. The molecule has 1 amide bonds. The fourth-order valence-electron chi connectivity index (χ4n) is 4.15. The monoisotopic (exact) mass is 390 g/mol. The molecule has 7 nitrogen and oxygen atoms in total. The van der Waals surface area contributed by atoms with Crippen LogP contribution < -0.4 is 10.2 Å². The fourth-order valence-corrected chi connectivity index (χ4v) is 4.15. The van der Waals surface area contributed by atoms with Crippen molar-refractivity contribution in [1.29, 1.82) is 0 Å². The third kappa shape index (κ3) is 5.13. The van der Waals surface area contributed by atoms with Crippen LogP contribution in [0, 0.1) is 6.92 Å². The van der Waals surface area contributed by atoms with Crippen LogP contribution in [0.2, 0.25) is 0 Å². The maximum Gasteiger partial charge on any atom is 0.407 e. The lowest BCUT2D eigenvalue weighted by atomic mass is 9.93. The van der Waals surface area contributed by atoms with Gasteiger partial charge in [0.1, 0.15) is 17.2 Å². The predicted octanol–water partition coefficient (Wildman–Crippen LogP) is 3.17. The highest BCUT2D eigenvalue weighted by Crippen LogP contribution is 2.32. The van der Waals surface area contributed by atoms with Gasteiger partial charge in [-0.2, -0.15) is 0 Å². The number of aryl methyl sites for hydroxylation is 2. The van der Waals surface area contributed by atoms with Crippen LogP contribution in [0.25, 0.3) is 0 Å². The molecule has 1 aromatic heterocycles. The highest BCUT2D eigenvalue weighted by Gasteiger charge is 2.32. The van der Waals surface area contributed by atoms with Gasteiger partial charge in [-0.05, 0) is 66.2 Å². The lowest BCUT2D eigenvalue weighted by Gasteiger charge is -2.41. The molecule has 1 saturated heterocycles. The molecule has 0 saturated carbocycles. The van der Waals surface area contributed by atoms with Crippen molar-refractivity contribution >= 4 is 11.9 Å². The largest absolute Gasteiger partial charge is 0.444 e. The van der Waals surface area contributed by atoms with Crippen LogP contribution in [-0.2, 0) is 22.3 Å². The number of methoxy groups -OCH3 is 1. The number of nitrogens with one attached hydrogen (secondary N) is 1. The zero-order valence-corrected chi connectivity index (χ0v) is 17.9. The maximum atomic E-state index is 12.2. The first kappa shape index (κ1) is 20.8. The minimum Gasteiger partial charge on any atom is -0.444 e. The molecule has 2 heterocycles. The minimum absolute atomic E-state index is 0.117. The first-order valence-electron chi connectivity index (χ1n) is 10.4. The van der Waals surface area contributed by atoms with Crippen molar-refractivity contribution in [1.82, 2.24) is 15.3 Å². The van der Waals surface area contributed by atoms with Crippen molar-refractivity contribution in [2.45, 2.75) is 84.0 Å². The Hall–Kier alpha value is -1.89. The lowest BCUT2D eigenvalue weighted by molar-refractivity contribution is 0.0491. The Morgan fingerprint density at radius 3 is 2.71 bits per heavy atom. The molecule has 3 rings (SSSR count). The van der Waals surface area contributed by atoms with Crippen LogP contribution in [-0.4, -0.2) is 54.0 Å². The zero-order chi connectivity index (χ0) is 20.3. The standard InChI is InChI=1S/C21H34N4O3/c1-14-23-18-9-7-6-8-17(18)19(24-14)25-11-10-16(27-5)12-15(25)13-22-20(26)28-21(2,3)4/h15-16H,6-13H2,1-5H3,(H,22,26). The minimum atomic E-state index is -0.506. The first-order valence-corrected chi connectivity index (χ1v) is 10.4. The van der Waals surface area contributed by atoms with Crippen LogP contribution >= 0.6 is 0 Å². The third-order valence-corrected chi connectivity index (χ3v) is 5.43. The Kier molecular flexibility index (Phi) is 6.43. The first-order chi connectivity index (χ1) is 13.3. The summed E-state index contributed by atoms with van der Waals surface area (Å²) in [6, 6.07) is 0.117. The van der Waals surface area contributed by atoms with Gasteiger partial charge in [-0.25, -0.2) is 14.8 Å². The molecular weight excluding hydrogens is 356 g/mol. The number of nitrogens with zero attached hydrogens (tertiary/aromatic N) is 3. The number of anilines is 1. The number of piperidine rings is 1. The topological polar surface area (TPSA) is 76.6 Å². The molecule has 0 spiro atoms. The van der Waals surface area contributed by atoms with E-state index >= 15 is 0 Å². The van der Waals surface area contributed by atoms with Gasteiger partial charge < -0.3 is 19.7 Å². The molecule has 156 valence electrons. The number of hydrogen-bond acceptors (Lipinski definition) is 6. The summed E-state index contributed by atoms with van der Waals surface area (Å²) in [5.74, 6) is 1.87. The summed E-state index contributed by atoms with van der Waals surface area (Å²) < 4.78 is 11.0. The van der Waals surface area contributed by atoms with Crippen molar-refractivity contribution in [3.8, 4) is 0 Å². The van der Waals surface area contributed by atoms with Crippen molar-refractivity contribution in [2.24, 2.45) is 0 Å². The number of fused-ring (bicyclic) bond motifs is 1. The Morgan fingerprint density at radius 2 is 2.00 bits per heavy atom. The number of amides is 1. The van der Waals surface area contributed by atoms with E-state index in [9.17, 15) is 4.79 Å².